The fourth-order valence-corrected chi connectivity index (χ4v) is 3.03. The summed E-state index contributed by atoms with van der Waals surface area (Å²) in [7, 11) is 0. The Morgan fingerprint density at radius 1 is 1.06 bits per heavy atom. The summed E-state index contributed by atoms with van der Waals surface area (Å²) in [4.78, 5) is 12.1. The first-order chi connectivity index (χ1) is 8.27. The number of rotatable bonds is 2. The van der Waals surface area contributed by atoms with Crippen LogP contribution < -0.4 is 5.32 Å². The van der Waals surface area contributed by atoms with Gasteiger partial charge in [0.25, 0.3) is 0 Å². The van der Waals surface area contributed by atoms with E-state index < -0.39 is 0 Å². The van der Waals surface area contributed by atoms with Crippen LogP contribution in [0.2, 0.25) is 0 Å². The third kappa shape index (κ3) is 3.85. The van der Waals surface area contributed by atoms with Crippen LogP contribution in [0.1, 0.15) is 44.9 Å². The maximum atomic E-state index is 12.1. The summed E-state index contributed by atoms with van der Waals surface area (Å²) in [5.41, 5.74) is 0. The Labute approximate surface area is 108 Å². The summed E-state index contributed by atoms with van der Waals surface area (Å²) in [6.45, 7) is 1.43. The highest BCUT2D eigenvalue weighted by Crippen LogP contribution is 2.23. The Morgan fingerprint density at radius 2 is 1.76 bits per heavy atom. The lowest BCUT2D eigenvalue weighted by Crippen LogP contribution is -2.44. The molecule has 3 nitrogen and oxygen atoms in total. The van der Waals surface area contributed by atoms with Gasteiger partial charge in [0.2, 0.25) is 5.91 Å². The van der Waals surface area contributed by atoms with Crippen molar-refractivity contribution in [3.8, 4) is 0 Å². The zero-order valence-corrected chi connectivity index (χ0v) is 11.0. The zero-order chi connectivity index (χ0) is 12.1. The van der Waals surface area contributed by atoms with Crippen molar-refractivity contribution in [3.63, 3.8) is 0 Å². The number of hydrogen-bond donors (Lipinski definition) is 1. The van der Waals surface area contributed by atoms with Crippen molar-refractivity contribution < 1.29 is 9.53 Å². The van der Waals surface area contributed by atoms with Crippen molar-refractivity contribution in [2.45, 2.75) is 56.4 Å². The number of carbonyl (C=O) groups excluding carboxylic acids is 1. The van der Waals surface area contributed by atoms with Gasteiger partial charge in [-0.15, -0.1) is 11.6 Å². The fourth-order valence-electron chi connectivity index (χ4n) is 2.69. The topological polar surface area (TPSA) is 38.3 Å². The van der Waals surface area contributed by atoms with E-state index in [1.54, 1.807) is 0 Å². The van der Waals surface area contributed by atoms with Crippen LogP contribution in [0.5, 0.6) is 0 Å². The molecular weight excluding hydrogens is 238 g/mol. The van der Waals surface area contributed by atoms with Gasteiger partial charge in [-0.1, -0.05) is 19.3 Å². The summed E-state index contributed by atoms with van der Waals surface area (Å²) < 4.78 is 5.27. The Morgan fingerprint density at radius 3 is 2.53 bits per heavy atom. The van der Waals surface area contributed by atoms with Crippen LogP contribution in [0.4, 0.5) is 0 Å². The minimum absolute atomic E-state index is 0.112. The van der Waals surface area contributed by atoms with Gasteiger partial charge in [0.1, 0.15) is 0 Å². The molecule has 1 amide bonds. The van der Waals surface area contributed by atoms with Crippen molar-refractivity contribution in [2.24, 2.45) is 5.92 Å². The predicted molar refractivity (Wildman–Crippen MR) is 68.2 cm³/mol. The van der Waals surface area contributed by atoms with Crippen molar-refractivity contribution in [3.05, 3.63) is 0 Å². The maximum absolute atomic E-state index is 12.1. The second-order valence-electron chi connectivity index (χ2n) is 5.16. The Balaban J connectivity index is 1.83. The highest BCUT2D eigenvalue weighted by Gasteiger charge is 2.27. The van der Waals surface area contributed by atoms with Crippen LogP contribution >= 0.6 is 11.6 Å². The van der Waals surface area contributed by atoms with Crippen LogP contribution in [-0.2, 0) is 9.53 Å². The van der Waals surface area contributed by atoms with Crippen LogP contribution in [0.3, 0.4) is 0 Å². The number of halogens is 1. The van der Waals surface area contributed by atoms with Gasteiger partial charge in [-0.2, -0.15) is 0 Å². The molecular formula is C13H22ClNO2. The molecule has 1 saturated carbocycles. The van der Waals surface area contributed by atoms with Gasteiger partial charge in [-0.05, 0) is 25.7 Å². The lowest BCUT2D eigenvalue weighted by Gasteiger charge is -2.26. The Bertz CT molecular complexity index is 254. The van der Waals surface area contributed by atoms with Crippen molar-refractivity contribution in [1.29, 1.82) is 0 Å². The zero-order valence-electron chi connectivity index (χ0n) is 10.3. The Hall–Kier alpha value is -0.280. The molecule has 0 radical (unpaired) electrons. The Kier molecular flexibility index (Phi) is 5.11. The largest absolute Gasteiger partial charge is 0.381 e. The molecule has 0 spiro atoms. The van der Waals surface area contributed by atoms with E-state index in [1.165, 1.54) is 19.3 Å². The summed E-state index contributed by atoms with van der Waals surface area (Å²) in [5.74, 6) is 0.321. The summed E-state index contributed by atoms with van der Waals surface area (Å²) >= 11 is 6.33. The van der Waals surface area contributed by atoms with Gasteiger partial charge in [0, 0.05) is 25.2 Å². The third-order valence-corrected chi connectivity index (χ3v) is 4.37. The smallest absolute Gasteiger partial charge is 0.223 e. The SMILES string of the molecule is O=C(NC1CCCCCC1Cl)C1CCOCC1. The van der Waals surface area contributed by atoms with E-state index in [0.717, 1.165) is 25.7 Å². The molecule has 4 heteroatoms. The molecule has 98 valence electrons. The van der Waals surface area contributed by atoms with Crippen LogP contribution in [-0.4, -0.2) is 30.5 Å². The molecule has 2 atom stereocenters. The first kappa shape index (κ1) is 13.2. The lowest BCUT2D eigenvalue weighted by atomic mass is 9.98. The summed E-state index contributed by atoms with van der Waals surface area (Å²) in [6.07, 6.45) is 7.38. The highest BCUT2D eigenvalue weighted by molar-refractivity contribution is 6.21. The van der Waals surface area contributed by atoms with E-state index in [0.29, 0.717) is 13.2 Å². The normalized spacial score (nSPS) is 31.8. The van der Waals surface area contributed by atoms with E-state index >= 15 is 0 Å². The molecule has 2 fully saturated rings. The second-order valence-corrected chi connectivity index (χ2v) is 5.72. The summed E-state index contributed by atoms with van der Waals surface area (Å²) in [5, 5.41) is 3.26. The fraction of sp³-hybridized carbons (Fsp3) is 0.923. The van der Waals surface area contributed by atoms with Gasteiger partial charge in [-0.25, -0.2) is 0 Å². The average Bonchev–Trinajstić information content (AvgIpc) is 2.56. The number of amides is 1. The molecule has 1 saturated heterocycles. The molecule has 1 N–H and O–H groups in total. The van der Waals surface area contributed by atoms with Crippen molar-refractivity contribution in [1.82, 2.24) is 5.32 Å². The molecule has 1 heterocycles. The van der Waals surface area contributed by atoms with Crippen LogP contribution in [0, 0.1) is 5.92 Å². The predicted octanol–water partition coefficient (Wildman–Crippen LogP) is 2.47. The van der Waals surface area contributed by atoms with Gasteiger partial charge >= 0.3 is 0 Å². The van der Waals surface area contributed by atoms with Gasteiger partial charge in [-0.3, -0.25) is 4.79 Å². The van der Waals surface area contributed by atoms with Crippen molar-refractivity contribution >= 4 is 17.5 Å². The molecule has 0 aromatic carbocycles. The van der Waals surface area contributed by atoms with E-state index in [4.69, 9.17) is 16.3 Å². The minimum Gasteiger partial charge on any atom is -0.381 e. The van der Waals surface area contributed by atoms with Gasteiger partial charge < -0.3 is 10.1 Å². The van der Waals surface area contributed by atoms with E-state index in [9.17, 15) is 4.79 Å². The second kappa shape index (κ2) is 6.60. The number of alkyl halides is 1. The molecule has 2 rings (SSSR count). The minimum atomic E-state index is 0.112. The van der Waals surface area contributed by atoms with E-state index in [2.05, 4.69) is 5.32 Å². The first-order valence-corrected chi connectivity index (χ1v) is 7.23. The number of nitrogens with one attached hydrogen (secondary N) is 1. The van der Waals surface area contributed by atoms with Crippen LogP contribution in [0.25, 0.3) is 0 Å². The average molecular weight is 260 g/mol. The van der Waals surface area contributed by atoms with Gasteiger partial charge in [0.05, 0.1) is 5.38 Å². The summed E-state index contributed by atoms with van der Waals surface area (Å²) in [6, 6.07) is 0.175. The molecule has 1 aliphatic heterocycles. The van der Waals surface area contributed by atoms with Gasteiger partial charge in [0.15, 0.2) is 0 Å². The van der Waals surface area contributed by atoms with Crippen molar-refractivity contribution in [2.75, 3.05) is 13.2 Å². The maximum Gasteiger partial charge on any atom is 0.223 e. The molecule has 1 aliphatic carbocycles. The first-order valence-electron chi connectivity index (χ1n) is 6.79. The highest BCUT2D eigenvalue weighted by atomic mass is 35.5. The molecule has 2 unspecified atom stereocenters. The van der Waals surface area contributed by atoms with Crippen LogP contribution in [0.15, 0.2) is 0 Å². The molecule has 2 aliphatic rings. The molecule has 0 bridgehead atoms. The standard InChI is InChI=1S/C13H22ClNO2/c14-11-4-2-1-3-5-12(11)15-13(16)10-6-8-17-9-7-10/h10-12H,1-9H2,(H,15,16). The van der Waals surface area contributed by atoms with E-state index in [1.807, 2.05) is 0 Å². The molecule has 0 aromatic rings. The monoisotopic (exact) mass is 259 g/mol. The quantitative estimate of drug-likeness (QED) is 0.611. The number of hydrogen-bond acceptors (Lipinski definition) is 2. The lowest BCUT2D eigenvalue weighted by molar-refractivity contribution is -0.128. The van der Waals surface area contributed by atoms with E-state index in [-0.39, 0.29) is 23.2 Å². The number of ether oxygens (including phenoxy) is 1. The molecule has 0 aromatic heterocycles. The molecule has 17 heavy (non-hydrogen) atoms. The number of carbonyl (C=O) groups is 1. The third-order valence-electron chi connectivity index (χ3n) is 3.85.